The van der Waals surface area contributed by atoms with Gasteiger partial charge in [-0.15, -0.1) is 11.3 Å². The monoisotopic (exact) mass is 383 g/mol. The SMILES string of the molecule is CCC(C)NC(=O)COC(=O)c1cc(-c2cccs2)nn1-c1ccccc1. The van der Waals surface area contributed by atoms with E-state index in [0.717, 1.165) is 17.0 Å². The molecule has 0 saturated heterocycles. The number of thiophene rings is 1. The van der Waals surface area contributed by atoms with Gasteiger partial charge in [-0.05, 0) is 36.9 Å². The summed E-state index contributed by atoms with van der Waals surface area (Å²) >= 11 is 1.54. The van der Waals surface area contributed by atoms with Gasteiger partial charge in [-0.3, -0.25) is 4.79 Å². The number of nitrogens with zero attached hydrogens (tertiary/aromatic N) is 2. The van der Waals surface area contributed by atoms with E-state index in [1.54, 1.807) is 22.1 Å². The zero-order chi connectivity index (χ0) is 19.2. The van der Waals surface area contributed by atoms with E-state index in [-0.39, 0.29) is 24.2 Å². The van der Waals surface area contributed by atoms with Crippen LogP contribution in [0.3, 0.4) is 0 Å². The van der Waals surface area contributed by atoms with Gasteiger partial charge < -0.3 is 10.1 Å². The Hall–Kier alpha value is -2.93. The summed E-state index contributed by atoms with van der Waals surface area (Å²) < 4.78 is 6.77. The fourth-order valence-electron chi connectivity index (χ4n) is 2.46. The van der Waals surface area contributed by atoms with E-state index in [1.165, 1.54) is 0 Å². The van der Waals surface area contributed by atoms with Crippen molar-refractivity contribution in [2.45, 2.75) is 26.3 Å². The molecule has 0 spiro atoms. The summed E-state index contributed by atoms with van der Waals surface area (Å²) in [6.07, 6.45) is 0.810. The van der Waals surface area contributed by atoms with Gasteiger partial charge in [0.25, 0.3) is 5.91 Å². The fourth-order valence-corrected chi connectivity index (χ4v) is 3.14. The molecule has 0 fully saturated rings. The highest BCUT2D eigenvalue weighted by molar-refractivity contribution is 7.13. The molecular formula is C20H21N3O3S. The molecule has 7 heteroatoms. The Morgan fingerprint density at radius 2 is 2.00 bits per heavy atom. The minimum atomic E-state index is -0.589. The van der Waals surface area contributed by atoms with Crippen molar-refractivity contribution in [3.05, 3.63) is 59.6 Å². The van der Waals surface area contributed by atoms with Gasteiger partial charge in [-0.25, -0.2) is 9.48 Å². The second-order valence-corrected chi connectivity index (χ2v) is 7.04. The van der Waals surface area contributed by atoms with Crippen LogP contribution in [0.2, 0.25) is 0 Å². The summed E-state index contributed by atoms with van der Waals surface area (Å²) in [5.41, 5.74) is 1.71. The third-order valence-corrected chi connectivity index (χ3v) is 4.94. The summed E-state index contributed by atoms with van der Waals surface area (Å²) in [5, 5.41) is 9.28. The number of aromatic nitrogens is 2. The van der Waals surface area contributed by atoms with Crippen LogP contribution < -0.4 is 5.32 Å². The molecule has 27 heavy (non-hydrogen) atoms. The lowest BCUT2D eigenvalue weighted by atomic mass is 10.2. The molecule has 1 aromatic carbocycles. The molecule has 0 radical (unpaired) electrons. The van der Waals surface area contributed by atoms with Crippen LogP contribution in [-0.4, -0.2) is 34.3 Å². The van der Waals surface area contributed by atoms with Crippen molar-refractivity contribution in [2.75, 3.05) is 6.61 Å². The van der Waals surface area contributed by atoms with E-state index < -0.39 is 5.97 Å². The van der Waals surface area contributed by atoms with Gasteiger partial charge in [0.05, 0.1) is 10.6 Å². The normalized spacial score (nSPS) is 11.8. The van der Waals surface area contributed by atoms with E-state index >= 15 is 0 Å². The molecule has 1 unspecified atom stereocenters. The Balaban J connectivity index is 1.83. The molecule has 0 saturated carbocycles. The van der Waals surface area contributed by atoms with E-state index in [2.05, 4.69) is 10.4 Å². The molecule has 1 N–H and O–H groups in total. The van der Waals surface area contributed by atoms with E-state index in [4.69, 9.17) is 4.74 Å². The van der Waals surface area contributed by atoms with Gasteiger partial charge in [0.2, 0.25) is 0 Å². The molecule has 140 valence electrons. The molecule has 2 aromatic heterocycles. The minimum absolute atomic E-state index is 0.0384. The molecule has 0 bridgehead atoms. The molecular weight excluding hydrogens is 362 g/mol. The van der Waals surface area contributed by atoms with Crippen molar-refractivity contribution in [1.29, 1.82) is 0 Å². The minimum Gasteiger partial charge on any atom is -0.451 e. The maximum absolute atomic E-state index is 12.6. The van der Waals surface area contributed by atoms with Crippen molar-refractivity contribution in [3.63, 3.8) is 0 Å². The average molecular weight is 383 g/mol. The van der Waals surface area contributed by atoms with Crippen LogP contribution in [0.1, 0.15) is 30.8 Å². The molecule has 3 aromatic rings. The second kappa shape index (κ2) is 8.64. The van der Waals surface area contributed by atoms with E-state index in [9.17, 15) is 9.59 Å². The van der Waals surface area contributed by atoms with Crippen LogP contribution in [0, 0.1) is 0 Å². The van der Waals surface area contributed by atoms with Crippen molar-refractivity contribution in [3.8, 4) is 16.3 Å². The molecule has 1 amide bonds. The van der Waals surface area contributed by atoms with Crippen LogP contribution in [-0.2, 0) is 9.53 Å². The number of carbonyl (C=O) groups excluding carboxylic acids is 2. The van der Waals surface area contributed by atoms with Crippen molar-refractivity contribution in [2.24, 2.45) is 0 Å². The third-order valence-electron chi connectivity index (χ3n) is 4.05. The van der Waals surface area contributed by atoms with Crippen molar-refractivity contribution < 1.29 is 14.3 Å². The number of esters is 1. The van der Waals surface area contributed by atoms with Gasteiger partial charge in [0.15, 0.2) is 12.3 Å². The summed E-state index contributed by atoms with van der Waals surface area (Å²) in [6.45, 7) is 3.55. The Bertz CT molecular complexity index is 904. The highest BCUT2D eigenvalue weighted by Crippen LogP contribution is 2.26. The number of carbonyl (C=O) groups is 2. The molecule has 0 aliphatic rings. The Kier molecular flexibility index (Phi) is 6.03. The van der Waals surface area contributed by atoms with E-state index in [0.29, 0.717) is 5.69 Å². The quantitative estimate of drug-likeness (QED) is 0.632. The first-order valence-electron chi connectivity index (χ1n) is 8.74. The predicted molar refractivity (Wildman–Crippen MR) is 105 cm³/mol. The molecule has 1 atom stereocenters. The lowest BCUT2D eigenvalue weighted by molar-refractivity contribution is -0.124. The summed E-state index contributed by atoms with van der Waals surface area (Å²) in [7, 11) is 0. The average Bonchev–Trinajstić information content (AvgIpc) is 3.36. The number of amides is 1. The number of hydrogen-bond donors (Lipinski definition) is 1. The summed E-state index contributed by atoms with van der Waals surface area (Å²) in [6, 6.07) is 15.0. The third kappa shape index (κ3) is 4.62. The van der Waals surface area contributed by atoms with Gasteiger partial charge in [0.1, 0.15) is 5.69 Å². The molecule has 0 aliphatic heterocycles. The highest BCUT2D eigenvalue weighted by Gasteiger charge is 2.20. The summed E-state index contributed by atoms with van der Waals surface area (Å²) in [5.74, 6) is -0.907. The molecule has 0 aliphatic carbocycles. The number of ether oxygens (including phenoxy) is 1. The van der Waals surface area contributed by atoms with Crippen LogP contribution in [0.15, 0.2) is 53.9 Å². The molecule has 2 heterocycles. The number of rotatable bonds is 7. The first-order valence-corrected chi connectivity index (χ1v) is 9.62. The van der Waals surface area contributed by atoms with Gasteiger partial charge in [-0.1, -0.05) is 31.2 Å². The zero-order valence-electron chi connectivity index (χ0n) is 15.2. The first kappa shape index (κ1) is 18.8. The smallest absolute Gasteiger partial charge is 0.357 e. The van der Waals surface area contributed by atoms with Gasteiger partial charge in [-0.2, -0.15) is 5.10 Å². The standard InChI is InChI=1S/C20H21N3O3S/c1-3-14(2)21-19(24)13-26-20(25)17-12-16(18-10-7-11-27-18)22-23(17)15-8-5-4-6-9-15/h4-12,14H,3,13H2,1-2H3,(H,21,24). The van der Waals surface area contributed by atoms with Crippen molar-refractivity contribution >= 4 is 23.2 Å². The summed E-state index contributed by atoms with van der Waals surface area (Å²) in [4.78, 5) is 25.5. The second-order valence-electron chi connectivity index (χ2n) is 6.09. The largest absolute Gasteiger partial charge is 0.451 e. The fraction of sp³-hybridized carbons (Fsp3) is 0.250. The Morgan fingerprint density at radius 1 is 1.22 bits per heavy atom. The zero-order valence-corrected chi connectivity index (χ0v) is 16.0. The van der Waals surface area contributed by atoms with Gasteiger partial charge >= 0.3 is 5.97 Å². The Morgan fingerprint density at radius 3 is 2.67 bits per heavy atom. The maximum atomic E-state index is 12.6. The predicted octanol–water partition coefficient (Wildman–Crippen LogP) is 3.67. The first-order chi connectivity index (χ1) is 13.1. The van der Waals surface area contributed by atoms with E-state index in [1.807, 2.05) is 61.7 Å². The number of benzene rings is 1. The van der Waals surface area contributed by atoms with Gasteiger partial charge in [0, 0.05) is 12.1 Å². The number of hydrogen-bond acceptors (Lipinski definition) is 5. The van der Waals surface area contributed by atoms with Crippen molar-refractivity contribution in [1.82, 2.24) is 15.1 Å². The maximum Gasteiger partial charge on any atom is 0.357 e. The number of para-hydroxylation sites is 1. The van der Waals surface area contributed by atoms with Crippen LogP contribution >= 0.6 is 11.3 Å². The van der Waals surface area contributed by atoms with Crippen LogP contribution in [0.5, 0.6) is 0 Å². The Labute approximate surface area is 161 Å². The van der Waals surface area contributed by atoms with Crippen LogP contribution in [0.25, 0.3) is 16.3 Å². The lowest BCUT2D eigenvalue weighted by Crippen LogP contribution is -2.35. The number of nitrogens with one attached hydrogen (secondary N) is 1. The molecule has 3 rings (SSSR count). The topological polar surface area (TPSA) is 73.2 Å². The molecule has 6 nitrogen and oxygen atoms in total. The lowest BCUT2D eigenvalue weighted by Gasteiger charge is -2.11. The highest BCUT2D eigenvalue weighted by atomic mass is 32.1. The van der Waals surface area contributed by atoms with Crippen LogP contribution in [0.4, 0.5) is 0 Å².